The Balaban J connectivity index is 1.21. The third kappa shape index (κ3) is 7.79. The van der Waals surface area contributed by atoms with Crippen LogP contribution in [0.3, 0.4) is 0 Å². The number of alkyl halides is 6. The minimum absolute atomic E-state index is 0.0363. The zero-order valence-electron chi connectivity index (χ0n) is 30.0. The molecule has 1 spiro atoms. The minimum atomic E-state index is -4.67. The predicted octanol–water partition coefficient (Wildman–Crippen LogP) is 5.17. The summed E-state index contributed by atoms with van der Waals surface area (Å²) in [5, 5.41) is 16.8. The first-order chi connectivity index (χ1) is 26.8. The molecule has 4 aromatic rings. The third-order valence-corrected chi connectivity index (χ3v) is 10.6. The van der Waals surface area contributed by atoms with Crippen LogP contribution >= 0.6 is 11.6 Å². The van der Waals surface area contributed by atoms with Gasteiger partial charge < -0.3 is 29.5 Å². The van der Waals surface area contributed by atoms with Gasteiger partial charge in [-0.2, -0.15) is 35.8 Å². The molecule has 1 unspecified atom stereocenters. The summed E-state index contributed by atoms with van der Waals surface area (Å²) in [5.41, 5.74) is -2.19. The van der Waals surface area contributed by atoms with Crippen molar-refractivity contribution in [3.8, 4) is 5.75 Å². The van der Waals surface area contributed by atoms with Gasteiger partial charge in [-0.25, -0.2) is 4.98 Å². The van der Waals surface area contributed by atoms with Crippen molar-refractivity contribution in [3.05, 3.63) is 86.3 Å². The highest BCUT2D eigenvalue weighted by Gasteiger charge is 2.48. The van der Waals surface area contributed by atoms with Crippen LogP contribution < -0.4 is 10.9 Å². The molecule has 1 fully saturated rings. The second-order valence-electron chi connectivity index (χ2n) is 14.0. The summed E-state index contributed by atoms with van der Waals surface area (Å²) < 4.78 is 87.3. The number of pyridine rings is 1. The van der Waals surface area contributed by atoms with E-state index >= 15 is 0 Å². The molecule has 1 saturated heterocycles. The van der Waals surface area contributed by atoms with Gasteiger partial charge in [0.25, 0.3) is 11.5 Å². The van der Waals surface area contributed by atoms with Gasteiger partial charge in [0.05, 0.1) is 40.6 Å². The molecule has 2 N–H and O–H groups in total. The number of rotatable bonds is 7. The van der Waals surface area contributed by atoms with Crippen molar-refractivity contribution in [2.75, 3.05) is 31.5 Å². The molecule has 0 saturated carbocycles. The van der Waals surface area contributed by atoms with Gasteiger partial charge in [-0.1, -0.05) is 24.6 Å². The monoisotopic (exact) mass is 822 g/mol. The van der Waals surface area contributed by atoms with Crippen LogP contribution in [0.15, 0.2) is 47.4 Å². The van der Waals surface area contributed by atoms with E-state index in [-0.39, 0.29) is 97.1 Å². The minimum Gasteiger partial charge on any atom is -0.505 e. The lowest BCUT2D eigenvalue weighted by Crippen LogP contribution is -2.47. The number of nitrogens with zero attached hydrogens (tertiary/aromatic N) is 7. The average Bonchev–Trinajstić information content (AvgIpc) is 3.76. The molecule has 1 atom stereocenters. The summed E-state index contributed by atoms with van der Waals surface area (Å²) in [5.74, 6) is -3.54. The van der Waals surface area contributed by atoms with Gasteiger partial charge in [-0.3, -0.25) is 19.2 Å². The highest BCUT2D eigenvalue weighted by molar-refractivity contribution is 6.33. The Kier molecular flexibility index (Phi) is 10.3. The van der Waals surface area contributed by atoms with Crippen molar-refractivity contribution in [3.63, 3.8) is 0 Å². The Morgan fingerprint density at radius 2 is 1.81 bits per heavy atom. The molecule has 57 heavy (non-hydrogen) atoms. The van der Waals surface area contributed by atoms with Crippen LogP contribution in [0.5, 0.6) is 5.75 Å². The van der Waals surface area contributed by atoms with E-state index in [9.17, 15) is 50.6 Å². The van der Waals surface area contributed by atoms with Crippen LogP contribution in [-0.4, -0.2) is 89.1 Å². The quantitative estimate of drug-likeness (QED) is 0.240. The second kappa shape index (κ2) is 14.8. The number of nitrogens with one attached hydrogen (secondary N) is 1. The van der Waals surface area contributed by atoms with Crippen LogP contribution in [0.1, 0.15) is 65.7 Å². The molecule has 3 aliphatic heterocycles. The van der Waals surface area contributed by atoms with E-state index in [1.807, 2.05) is 0 Å². The molecular formula is C36H33ClF6N8O6. The molecule has 0 radical (unpaired) electrons. The summed E-state index contributed by atoms with van der Waals surface area (Å²) in [7, 11) is 0. The maximum absolute atomic E-state index is 14.4. The first-order valence-electron chi connectivity index (χ1n) is 17.7. The smallest absolute Gasteiger partial charge is 0.416 e. The van der Waals surface area contributed by atoms with Gasteiger partial charge in [0.15, 0.2) is 11.5 Å². The lowest BCUT2D eigenvalue weighted by molar-refractivity contribution is -0.158. The van der Waals surface area contributed by atoms with E-state index in [1.54, 1.807) is 6.08 Å². The van der Waals surface area contributed by atoms with Crippen LogP contribution in [0.4, 0.5) is 32.0 Å². The molecule has 1 aromatic carbocycles. The van der Waals surface area contributed by atoms with Crippen LogP contribution in [0.2, 0.25) is 5.02 Å². The maximum atomic E-state index is 14.4. The molecule has 302 valence electrons. The van der Waals surface area contributed by atoms with Crippen LogP contribution in [0, 0.1) is 5.92 Å². The van der Waals surface area contributed by atoms with Crippen LogP contribution in [-0.2, 0) is 39.3 Å². The van der Waals surface area contributed by atoms with E-state index in [4.69, 9.17) is 16.3 Å². The third-order valence-electron chi connectivity index (χ3n) is 10.3. The fourth-order valence-electron chi connectivity index (χ4n) is 7.41. The number of likely N-dealkylation sites (tertiary alicyclic amines) is 1. The number of fused-ring (bicyclic) bond motifs is 3. The summed E-state index contributed by atoms with van der Waals surface area (Å²) in [4.78, 5) is 65.2. The normalized spacial score (nSPS) is 17.4. The fourth-order valence-corrected chi connectivity index (χ4v) is 7.64. The summed E-state index contributed by atoms with van der Waals surface area (Å²) >= 11 is 6.10. The largest absolute Gasteiger partial charge is 0.505 e. The number of anilines is 1. The lowest BCUT2D eigenvalue weighted by atomic mass is 9.85. The van der Waals surface area contributed by atoms with E-state index in [1.165, 1.54) is 39.6 Å². The van der Waals surface area contributed by atoms with Gasteiger partial charge in [0.1, 0.15) is 17.9 Å². The number of piperidine rings is 1. The second-order valence-corrected chi connectivity index (χ2v) is 14.4. The SMILES string of the molecule is CC(CC(F)(F)F)C(=O)N1CC=C(c2nc3n(CC(=O)Nc4ccc(C(F)(F)F)cc4Cl)c4c(c(=O)n3n2)C2(CCN(C(=O)c3ncccc3O)CC2)OC4)CC1. The molecule has 7 rings (SSSR count). The van der Waals surface area contributed by atoms with Crippen molar-refractivity contribution in [2.24, 2.45) is 5.92 Å². The zero-order chi connectivity index (χ0) is 41.0. The number of hydrogen-bond donors (Lipinski definition) is 2. The van der Waals surface area contributed by atoms with Crippen LogP contribution in [0.25, 0.3) is 11.4 Å². The maximum Gasteiger partial charge on any atom is 0.416 e. The van der Waals surface area contributed by atoms with Gasteiger partial charge >= 0.3 is 12.4 Å². The van der Waals surface area contributed by atoms with Crippen molar-refractivity contribution in [1.29, 1.82) is 0 Å². The summed E-state index contributed by atoms with van der Waals surface area (Å²) in [6, 6.07) is 5.25. The van der Waals surface area contributed by atoms with E-state index in [0.29, 0.717) is 11.6 Å². The Morgan fingerprint density at radius 3 is 2.44 bits per heavy atom. The highest BCUT2D eigenvalue weighted by Crippen LogP contribution is 2.43. The van der Waals surface area contributed by atoms with Crippen molar-refractivity contribution < 1.29 is 50.6 Å². The number of aromatic hydroxyl groups is 1. The highest BCUT2D eigenvalue weighted by atomic mass is 35.5. The standard InChI is InChI=1S/C36H33ClF6N8O6/c1-19(16-35(38,39)40)30(54)48-11-6-20(7-12-48)29-46-33-50(17-26(53)45-23-5-4-21(15-22(23)37)36(41,42)43)24-18-57-34(27(24)31(55)51(33)47-29)8-13-49(14-9-34)32(56)28-25(52)3-2-10-44-28/h2-6,10,15,19,52H,7-9,11-14,16-18H2,1H3,(H,45,53). The fraction of sp³-hybridized carbons (Fsp3) is 0.417. The molecule has 21 heteroatoms. The molecule has 14 nitrogen and oxygen atoms in total. The van der Waals surface area contributed by atoms with Crippen molar-refractivity contribution >= 4 is 46.4 Å². The molecule has 3 aliphatic rings. The zero-order valence-corrected chi connectivity index (χ0v) is 30.7. The van der Waals surface area contributed by atoms with E-state index in [2.05, 4.69) is 20.4 Å². The van der Waals surface area contributed by atoms with Crippen molar-refractivity contribution in [1.82, 2.24) is 33.9 Å². The molecule has 3 aromatic heterocycles. The number of carbonyl (C=O) groups excluding carboxylic acids is 3. The van der Waals surface area contributed by atoms with Gasteiger partial charge in [0.2, 0.25) is 17.6 Å². The number of hydrogen-bond acceptors (Lipinski definition) is 9. The average molecular weight is 823 g/mol. The number of amides is 3. The number of benzene rings is 1. The lowest BCUT2D eigenvalue weighted by Gasteiger charge is -2.38. The number of ether oxygens (including phenoxy) is 1. The molecule has 0 aliphatic carbocycles. The molecule has 6 heterocycles. The summed E-state index contributed by atoms with van der Waals surface area (Å²) in [6.07, 6.45) is -7.09. The number of halogens is 7. The van der Waals surface area contributed by atoms with Gasteiger partial charge in [-0.05, 0) is 55.2 Å². The first-order valence-corrected chi connectivity index (χ1v) is 18.0. The number of carbonyl (C=O) groups is 3. The molecular weight excluding hydrogens is 790 g/mol. The Labute approximate surface area is 323 Å². The summed E-state index contributed by atoms with van der Waals surface area (Å²) in [6.45, 7) is 0.742. The Bertz CT molecular complexity index is 2370. The topological polar surface area (TPSA) is 164 Å². The molecule has 0 bridgehead atoms. The first kappa shape index (κ1) is 39.7. The predicted molar refractivity (Wildman–Crippen MR) is 189 cm³/mol. The Morgan fingerprint density at radius 1 is 1.07 bits per heavy atom. The van der Waals surface area contributed by atoms with E-state index < -0.39 is 65.7 Å². The van der Waals surface area contributed by atoms with Gasteiger partial charge in [0, 0.05) is 38.3 Å². The Hall–Kier alpha value is -5.50. The molecule has 3 amide bonds. The van der Waals surface area contributed by atoms with Gasteiger partial charge in [-0.15, -0.1) is 5.10 Å². The number of aromatic nitrogens is 5. The van der Waals surface area contributed by atoms with E-state index in [0.717, 1.165) is 16.6 Å². The van der Waals surface area contributed by atoms with Crippen molar-refractivity contribution in [2.45, 2.75) is 63.7 Å².